The van der Waals surface area contributed by atoms with E-state index in [-0.39, 0.29) is 18.3 Å². The first-order valence-electron chi connectivity index (χ1n) is 6.11. The van der Waals surface area contributed by atoms with Gasteiger partial charge in [-0.25, -0.2) is 4.98 Å². The van der Waals surface area contributed by atoms with Crippen LogP contribution in [0.1, 0.15) is 33.3 Å². The number of azo groups is 1. The summed E-state index contributed by atoms with van der Waals surface area (Å²) in [4.78, 5) is 4.28. The lowest BCUT2D eigenvalue weighted by Gasteiger charge is -2.32. The monoisotopic (exact) mass is 245 g/mol. The molecule has 0 N–H and O–H groups in total. The third kappa shape index (κ3) is 1.68. The molecule has 94 valence electrons. The van der Waals surface area contributed by atoms with Crippen LogP contribution in [0.25, 0.3) is 0 Å². The molecular weight excluding hydrogens is 229 g/mol. The number of rotatable bonds is 1. The zero-order valence-corrected chi connectivity index (χ0v) is 11.1. The van der Waals surface area contributed by atoms with Gasteiger partial charge < -0.3 is 9.31 Å². The number of aromatic nitrogens is 1. The largest absolute Gasteiger partial charge is 0.496 e. The summed E-state index contributed by atoms with van der Waals surface area (Å²) in [5, 5.41) is 7.91. The minimum atomic E-state index is -0.367. The van der Waals surface area contributed by atoms with Gasteiger partial charge in [-0.05, 0) is 27.7 Å². The molecule has 0 bridgehead atoms. The molecule has 1 saturated heterocycles. The van der Waals surface area contributed by atoms with Crippen LogP contribution in [0.15, 0.2) is 22.5 Å². The maximum Gasteiger partial charge on any atom is 0.496 e. The van der Waals surface area contributed by atoms with Crippen LogP contribution in [0.4, 0.5) is 5.82 Å². The Labute approximate surface area is 107 Å². The van der Waals surface area contributed by atoms with Gasteiger partial charge in [0.05, 0.1) is 17.7 Å². The highest BCUT2D eigenvalue weighted by molar-refractivity contribution is 6.62. The van der Waals surface area contributed by atoms with Gasteiger partial charge in [0, 0.05) is 17.2 Å². The van der Waals surface area contributed by atoms with Crippen molar-refractivity contribution in [2.45, 2.75) is 45.4 Å². The van der Waals surface area contributed by atoms with Crippen LogP contribution in [-0.2, 0) is 15.9 Å². The third-order valence-corrected chi connectivity index (χ3v) is 3.90. The van der Waals surface area contributed by atoms with Gasteiger partial charge in [-0.3, -0.25) is 0 Å². The van der Waals surface area contributed by atoms with E-state index < -0.39 is 0 Å². The summed E-state index contributed by atoms with van der Waals surface area (Å²) in [7, 11) is -0.367. The maximum absolute atomic E-state index is 5.99. The van der Waals surface area contributed by atoms with Crippen LogP contribution in [0, 0.1) is 0 Å². The first kappa shape index (κ1) is 11.8. The Morgan fingerprint density at radius 3 is 2.50 bits per heavy atom. The minimum absolute atomic E-state index is 0.328. The van der Waals surface area contributed by atoms with Gasteiger partial charge in [-0.15, -0.1) is 5.11 Å². The van der Waals surface area contributed by atoms with Crippen molar-refractivity contribution >= 4 is 18.4 Å². The molecule has 1 fully saturated rings. The highest BCUT2D eigenvalue weighted by Gasteiger charge is 2.51. The van der Waals surface area contributed by atoms with E-state index in [1.165, 1.54) is 0 Å². The summed E-state index contributed by atoms with van der Waals surface area (Å²) in [6.07, 6.45) is 1.76. The van der Waals surface area contributed by atoms with E-state index in [1.807, 2.05) is 33.8 Å². The van der Waals surface area contributed by atoms with Crippen molar-refractivity contribution in [2.24, 2.45) is 10.2 Å². The quantitative estimate of drug-likeness (QED) is 0.711. The molecule has 18 heavy (non-hydrogen) atoms. The number of fused-ring (bicyclic) bond motifs is 1. The Morgan fingerprint density at radius 1 is 1.17 bits per heavy atom. The Morgan fingerprint density at radius 2 is 1.83 bits per heavy atom. The van der Waals surface area contributed by atoms with E-state index in [9.17, 15) is 0 Å². The lowest BCUT2D eigenvalue weighted by molar-refractivity contribution is 0.00578. The molecule has 0 aliphatic carbocycles. The molecule has 0 atom stereocenters. The van der Waals surface area contributed by atoms with Gasteiger partial charge in [0.15, 0.2) is 5.82 Å². The Balaban J connectivity index is 1.90. The molecule has 0 radical (unpaired) electrons. The molecular formula is C12H16BN3O2. The van der Waals surface area contributed by atoms with Gasteiger partial charge in [0.2, 0.25) is 0 Å². The van der Waals surface area contributed by atoms with Crippen LogP contribution < -0.4 is 5.46 Å². The summed E-state index contributed by atoms with van der Waals surface area (Å²) in [6, 6.07) is 2.02. The molecule has 6 heteroatoms. The summed E-state index contributed by atoms with van der Waals surface area (Å²) < 4.78 is 12.0. The number of pyridine rings is 1. The highest BCUT2D eigenvalue weighted by atomic mass is 16.7. The Kier molecular flexibility index (Phi) is 2.37. The molecule has 3 heterocycles. The first-order chi connectivity index (χ1) is 8.39. The summed E-state index contributed by atoms with van der Waals surface area (Å²) >= 11 is 0. The smallest absolute Gasteiger partial charge is 0.399 e. The van der Waals surface area contributed by atoms with E-state index >= 15 is 0 Å². The number of hydrogen-bond donors (Lipinski definition) is 0. The van der Waals surface area contributed by atoms with Crippen LogP contribution in [0.2, 0.25) is 0 Å². The van der Waals surface area contributed by atoms with Gasteiger partial charge in [0.1, 0.15) is 0 Å². The fourth-order valence-electron chi connectivity index (χ4n) is 2.01. The standard InChI is InChI=1S/C12H16BN3O2/c1-11(2)12(3,4)18-13(17-11)9-5-8-6-15-16-10(8)14-7-9/h5,7H,6H2,1-4H3. The van der Waals surface area contributed by atoms with Gasteiger partial charge in [-0.2, -0.15) is 5.11 Å². The van der Waals surface area contributed by atoms with E-state index in [0.717, 1.165) is 11.0 Å². The zero-order chi connectivity index (χ0) is 13.0. The second-order valence-corrected chi connectivity index (χ2v) is 5.74. The fraction of sp³-hybridized carbons (Fsp3) is 0.583. The Bertz CT molecular complexity index is 512. The summed E-state index contributed by atoms with van der Waals surface area (Å²) in [5.74, 6) is 0.704. The predicted molar refractivity (Wildman–Crippen MR) is 68.2 cm³/mol. The average Bonchev–Trinajstić information content (AvgIpc) is 2.80. The third-order valence-electron chi connectivity index (χ3n) is 3.90. The van der Waals surface area contributed by atoms with Crippen molar-refractivity contribution in [2.75, 3.05) is 0 Å². The average molecular weight is 245 g/mol. The van der Waals surface area contributed by atoms with Gasteiger partial charge >= 0.3 is 7.12 Å². The van der Waals surface area contributed by atoms with Crippen molar-refractivity contribution in [3.8, 4) is 0 Å². The molecule has 5 nitrogen and oxygen atoms in total. The maximum atomic E-state index is 5.99. The van der Waals surface area contributed by atoms with E-state index in [1.54, 1.807) is 6.20 Å². The van der Waals surface area contributed by atoms with Crippen molar-refractivity contribution in [1.29, 1.82) is 0 Å². The first-order valence-corrected chi connectivity index (χ1v) is 6.11. The molecule has 2 aliphatic rings. The fourth-order valence-corrected chi connectivity index (χ4v) is 2.01. The van der Waals surface area contributed by atoms with E-state index in [0.29, 0.717) is 12.4 Å². The normalized spacial score (nSPS) is 23.4. The van der Waals surface area contributed by atoms with Crippen molar-refractivity contribution in [3.05, 3.63) is 17.8 Å². The number of nitrogens with zero attached hydrogens (tertiary/aromatic N) is 3. The summed E-state index contributed by atoms with van der Waals surface area (Å²) in [6.45, 7) is 8.75. The second-order valence-electron chi connectivity index (χ2n) is 5.74. The molecule has 0 spiro atoms. The molecule has 2 aliphatic heterocycles. The molecule has 3 rings (SSSR count). The molecule has 0 amide bonds. The van der Waals surface area contributed by atoms with Gasteiger partial charge in [-0.1, -0.05) is 6.07 Å². The van der Waals surface area contributed by atoms with E-state index in [4.69, 9.17) is 9.31 Å². The molecule has 1 aromatic heterocycles. The minimum Gasteiger partial charge on any atom is -0.399 e. The molecule has 0 aromatic carbocycles. The van der Waals surface area contributed by atoms with Crippen molar-refractivity contribution in [3.63, 3.8) is 0 Å². The van der Waals surface area contributed by atoms with Gasteiger partial charge in [0.25, 0.3) is 0 Å². The van der Waals surface area contributed by atoms with Crippen molar-refractivity contribution in [1.82, 2.24) is 4.98 Å². The lowest BCUT2D eigenvalue weighted by Crippen LogP contribution is -2.41. The second kappa shape index (κ2) is 3.62. The SMILES string of the molecule is CC1(C)OB(c2cnc3c(c2)CN=N3)OC1(C)C. The predicted octanol–water partition coefficient (Wildman–Crippen LogP) is 1.98. The van der Waals surface area contributed by atoms with Crippen molar-refractivity contribution < 1.29 is 9.31 Å². The van der Waals surface area contributed by atoms with Crippen LogP contribution >= 0.6 is 0 Å². The van der Waals surface area contributed by atoms with E-state index in [2.05, 4.69) is 15.2 Å². The number of hydrogen-bond acceptors (Lipinski definition) is 5. The van der Waals surface area contributed by atoms with Crippen LogP contribution in [0.5, 0.6) is 0 Å². The molecule has 1 aromatic rings. The highest BCUT2D eigenvalue weighted by Crippen LogP contribution is 2.36. The summed E-state index contributed by atoms with van der Waals surface area (Å²) in [5.41, 5.74) is 1.30. The van der Waals surface area contributed by atoms with Crippen LogP contribution in [0.3, 0.4) is 0 Å². The zero-order valence-electron chi connectivity index (χ0n) is 11.1. The molecule has 0 unspecified atom stereocenters. The Hall–Kier alpha value is -1.27. The van der Waals surface area contributed by atoms with Crippen LogP contribution in [-0.4, -0.2) is 23.3 Å². The topological polar surface area (TPSA) is 56.1 Å². The lowest BCUT2D eigenvalue weighted by atomic mass is 9.79. The molecule has 0 saturated carbocycles.